The molecule has 12 heavy (non-hydrogen) atoms. The number of esters is 1. The van der Waals surface area contributed by atoms with E-state index in [4.69, 9.17) is 10.2 Å². The third-order valence-electron chi connectivity index (χ3n) is 1.39. The first-order valence-corrected chi connectivity index (χ1v) is 4.14. The van der Waals surface area contributed by atoms with Crippen LogP contribution in [0.3, 0.4) is 0 Å². The van der Waals surface area contributed by atoms with Gasteiger partial charge in [-0.1, -0.05) is 0 Å². The first-order valence-electron chi connectivity index (χ1n) is 4.14. The molecule has 0 spiro atoms. The van der Waals surface area contributed by atoms with Crippen molar-refractivity contribution >= 4 is 5.97 Å². The van der Waals surface area contributed by atoms with E-state index in [1.165, 1.54) is 6.92 Å². The molecule has 72 valence electrons. The number of ether oxygens (including phenoxy) is 1. The highest BCUT2D eigenvalue weighted by Crippen LogP contribution is 1.96. The van der Waals surface area contributed by atoms with Gasteiger partial charge < -0.3 is 14.9 Å². The molecular formula is C8H16O4. The molecule has 0 saturated carbocycles. The summed E-state index contributed by atoms with van der Waals surface area (Å²) in [6, 6.07) is 0. The summed E-state index contributed by atoms with van der Waals surface area (Å²) in [6.45, 7) is 1.87. The van der Waals surface area contributed by atoms with E-state index in [-0.39, 0.29) is 6.61 Å². The van der Waals surface area contributed by atoms with Crippen molar-refractivity contribution in [3.63, 3.8) is 0 Å². The number of unbranched alkanes of at least 4 members (excludes halogenated alkanes) is 2. The van der Waals surface area contributed by atoms with E-state index in [0.717, 1.165) is 19.3 Å². The molecule has 0 aromatic carbocycles. The Labute approximate surface area is 72.2 Å². The Bertz CT molecular complexity index is 122. The van der Waals surface area contributed by atoms with Gasteiger partial charge in [-0.15, -0.1) is 0 Å². The van der Waals surface area contributed by atoms with Crippen LogP contribution in [0.1, 0.15) is 26.2 Å². The summed E-state index contributed by atoms with van der Waals surface area (Å²) in [6.07, 6.45) is 1.26. The second kappa shape index (κ2) is 7.06. The van der Waals surface area contributed by atoms with Gasteiger partial charge in [-0.05, 0) is 26.2 Å². The van der Waals surface area contributed by atoms with Crippen LogP contribution < -0.4 is 0 Å². The van der Waals surface area contributed by atoms with Crippen LogP contribution in [0.5, 0.6) is 0 Å². The van der Waals surface area contributed by atoms with E-state index in [1.54, 1.807) is 0 Å². The van der Waals surface area contributed by atoms with Crippen LogP contribution in [0, 0.1) is 0 Å². The van der Waals surface area contributed by atoms with Crippen molar-refractivity contribution in [1.82, 2.24) is 0 Å². The topological polar surface area (TPSA) is 66.8 Å². The quantitative estimate of drug-likeness (QED) is 0.444. The van der Waals surface area contributed by atoms with Gasteiger partial charge in [-0.25, -0.2) is 4.79 Å². The van der Waals surface area contributed by atoms with Gasteiger partial charge in [0, 0.05) is 6.61 Å². The van der Waals surface area contributed by atoms with Gasteiger partial charge in [0.05, 0.1) is 6.61 Å². The number of carbonyl (C=O) groups excluding carboxylic acids is 1. The Morgan fingerprint density at radius 3 is 2.58 bits per heavy atom. The summed E-state index contributed by atoms with van der Waals surface area (Å²) in [5, 5.41) is 17.1. The van der Waals surface area contributed by atoms with E-state index >= 15 is 0 Å². The Hall–Kier alpha value is -0.610. The van der Waals surface area contributed by atoms with Gasteiger partial charge in [0.15, 0.2) is 0 Å². The number of aliphatic hydroxyl groups is 2. The summed E-state index contributed by atoms with van der Waals surface area (Å²) in [5.74, 6) is -0.584. The lowest BCUT2D eigenvalue weighted by Crippen LogP contribution is -2.19. The molecule has 0 radical (unpaired) electrons. The molecule has 0 heterocycles. The van der Waals surface area contributed by atoms with Gasteiger partial charge in [0.1, 0.15) is 6.10 Å². The van der Waals surface area contributed by atoms with Crippen LogP contribution >= 0.6 is 0 Å². The smallest absolute Gasteiger partial charge is 0.334 e. The van der Waals surface area contributed by atoms with Crippen LogP contribution in [0.2, 0.25) is 0 Å². The predicted molar refractivity (Wildman–Crippen MR) is 43.6 cm³/mol. The molecule has 0 fully saturated rings. The van der Waals surface area contributed by atoms with Crippen LogP contribution in [-0.4, -0.2) is 35.5 Å². The summed E-state index contributed by atoms with van der Waals surface area (Å²) >= 11 is 0. The van der Waals surface area contributed by atoms with E-state index in [9.17, 15) is 4.79 Å². The molecule has 1 atom stereocenters. The molecule has 0 aliphatic heterocycles. The Balaban J connectivity index is 3.14. The van der Waals surface area contributed by atoms with Crippen molar-refractivity contribution in [2.24, 2.45) is 0 Å². The maximum absolute atomic E-state index is 10.7. The minimum absolute atomic E-state index is 0.171. The molecule has 1 unspecified atom stereocenters. The lowest BCUT2D eigenvalue weighted by molar-refractivity contribution is -0.152. The Morgan fingerprint density at radius 2 is 2.08 bits per heavy atom. The molecule has 0 aliphatic carbocycles. The summed E-state index contributed by atoms with van der Waals surface area (Å²) < 4.78 is 4.68. The number of rotatable bonds is 6. The van der Waals surface area contributed by atoms with Crippen molar-refractivity contribution in [2.45, 2.75) is 32.3 Å². The van der Waals surface area contributed by atoms with Gasteiger partial charge >= 0.3 is 5.97 Å². The van der Waals surface area contributed by atoms with E-state index in [2.05, 4.69) is 4.74 Å². The minimum Gasteiger partial charge on any atom is -0.464 e. The van der Waals surface area contributed by atoms with Crippen LogP contribution in [0.15, 0.2) is 0 Å². The van der Waals surface area contributed by atoms with Gasteiger partial charge in [0.25, 0.3) is 0 Å². The van der Waals surface area contributed by atoms with Gasteiger partial charge in [0.2, 0.25) is 0 Å². The zero-order valence-corrected chi connectivity index (χ0v) is 7.32. The summed E-state index contributed by atoms with van der Waals surface area (Å²) in [7, 11) is 0. The summed E-state index contributed by atoms with van der Waals surface area (Å²) in [4.78, 5) is 10.7. The highest BCUT2D eigenvalue weighted by Gasteiger charge is 2.08. The zero-order valence-electron chi connectivity index (χ0n) is 7.32. The molecule has 2 N–H and O–H groups in total. The fourth-order valence-electron chi connectivity index (χ4n) is 0.684. The number of aliphatic hydroxyl groups excluding tert-OH is 2. The first kappa shape index (κ1) is 11.4. The average Bonchev–Trinajstić information content (AvgIpc) is 2.03. The SMILES string of the molecule is CC(O)C(=O)OCCCCCO. The van der Waals surface area contributed by atoms with Crippen molar-refractivity contribution in [2.75, 3.05) is 13.2 Å². The third kappa shape index (κ3) is 6.12. The van der Waals surface area contributed by atoms with Gasteiger partial charge in [-0.2, -0.15) is 0 Å². The highest BCUT2D eigenvalue weighted by molar-refractivity contribution is 5.73. The third-order valence-corrected chi connectivity index (χ3v) is 1.39. The summed E-state index contributed by atoms with van der Waals surface area (Å²) in [5.41, 5.74) is 0. The van der Waals surface area contributed by atoms with Crippen molar-refractivity contribution in [3.8, 4) is 0 Å². The molecule has 0 bridgehead atoms. The van der Waals surface area contributed by atoms with Crippen molar-refractivity contribution in [3.05, 3.63) is 0 Å². The first-order chi connectivity index (χ1) is 5.68. The molecule has 0 rings (SSSR count). The van der Waals surface area contributed by atoms with E-state index in [0.29, 0.717) is 6.61 Å². The second-order valence-electron chi connectivity index (χ2n) is 2.63. The molecule has 0 saturated heterocycles. The molecule has 0 aromatic rings. The van der Waals surface area contributed by atoms with E-state index < -0.39 is 12.1 Å². The second-order valence-corrected chi connectivity index (χ2v) is 2.63. The fraction of sp³-hybridized carbons (Fsp3) is 0.875. The molecule has 4 nitrogen and oxygen atoms in total. The Kier molecular flexibility index (Phi) is 6.70. The monoisotopic (exact) mass is 176 g/mol. The lowest BCUT2D eigenvalue weighted by atomic mass is 10.2. The van der Waals surface area contributed by atoms with Crippen molar-refractivity contribution in [1.29, 1.82) is 0 Å². The molecule has 0 amide bonds. The van der Waals surface area contributed by atoms with Gasteiger partial charge in [-0.3, -0.25) is 0 Å². The highest BCUT2D eigenvalue weighted by atomic mass is 16.5. The lowest BCUT2D eigenvalue weighted by Gasteiger charge is -2.05. The molecule has 0 aromatic heterocycles. The number of carbonyl (C=O) groups is 1. The molecule has 0 aliphatic rings. The van der Waals surface area contributed by atoms with Crippen molar-refractivity contribution < 1.29 is 19.7 Å². The molecular weight excluding hydrogens is 160 g/mol. The fourth-order valence-corrected chi connectivity index (χ4v) is 0.684. The maximum atomic E-state index is 10.7. The average molecular weight is 176 g/mol. The number of hydrogen-bond donors (Lipinski definition) is 2. The van der Waals surface area contributed by atoms with Crippen LogP contribution in [-0.2, 0) is 9.53 Å². The maximum Gasteiger partial charge on any atom is 0.334 e. The van der Waals surface area contributed by atoms with Crippen LogP contribution in [0.4, 0.5) is 0 Å². The largest absolute Gasteiger partial charge is 0.464 e. The molecule has 4 heteroatoms. The standard InChI is InChI=1S/C8H16O4/c1-7(10)8(11)12-6-4-2-3-5-9/h7,9-10H,2-6H2,1H3. The normalized spacial score (nSPS) is 12.6. The predicted octanol–water partition coefficient (Wildman–Crippen LogP) is 0.0730. The Morgan fingerprint density at radius 1 is 1.42 bits per heavy atom. The minimum atomic E-state index is -1.04. The van der Waals surface area contributed by atoms with E-state index in [1.807, 2.05) is 0 Å². The zero-order chi connectivity index (χ0) is 9.40. The number of hydrogen-bond acceptors (Lipinski definition) is 4. The van der Waals surface area contributed by atoms with Crippen LogP contribution in [0.25, 0.3) is 0 Å².